The Morgan fingerprint density at radius 2 is 1.88 bits per heavy atom. The summed E-state index contributed by atoms with van der Waals surface area (Å²) in [5.74, 6) is -2.16. The van der Waals surface area contributed by atoms with Gasteiger partial charge in [0.25, 0.3) is 0 Å². The first-order chi connectivity index (χ1) is 18.7. The lowest BCUT2D eigenvalue weighted by atomic mass is 9.34. The van der Waals surface area contributed by atoms with Gasteiger partial charge >= 0.3 is 11.9 Å². The lowest BCUT2D eigenvalue weighted by Crippen LogP contribution is -2.78. The minimum atomic E-state index is -1.54. The van der Waals surface area contributed by atoms with Crippen molar-refractivity contribution in [3.63, 3.8) is 0 Å². The van der Waals surface area contributed by atoms with E-state index >= 15 is 4.79 Å². The molecule has 0 radical (unpaired) electrons. The highest BCUT2D eigenvalue weighted by atomic mass is 16.7. The van der Waals surface area contributed by atoms with Crippen molar-refractivity contribution < 1.29 is 42.5 Å². The van der Waals surface area contributed by atoms with E-state index < -0.39 is 68.9 Å². The van der Waals surface area contributed by atoms with Crippen LogP contribution in [0.25, 0.3) is 0 Å². The molecular weight excluding hydrogens is 516 g/mol. The van der Waals surface area contributed by atoms with Crippen LogP contribution in [0, 0.1) is 33.5 Å². The highest BCUT2D eigenvalue weighted by Gasteiger charge is 2.93. The van der Waals surface area contributed by atoms with Gasteiger partial charge in [-0.25, -0.2) is 4.79 Å². The summed E-state index contributed by atoms with van der Waals surface area (Å²) in [6.07, 6.45) is 4.85. The normalized spacial score (nSPS) is 47.6. The molecule has 3 aliphatic heterocycles. The molecule has 0 N–H and O–H groups in total. The Morgan fingerprint density at radius 1 is 1.12 bits per heavy atom. The van der Waals surface area contributed by atoms with E-state index in [9.17, 15) is 14.4 Å². The summed E-state index contributed by atoms with van der Waals surface area (Å²) in [4.78, 5) is 55.7. The second-order valence-electron chi connectivity index (χ2n) is 14.0. The molecule has 1 aromatic heterocycles. The summed E-state index contributed by atoms with van der Waals surface area (Å²) in [5, 5.41) is 0. The van der Waals surface area contributed by atoms with Crippen LogP contribution in [0.2, 0.25) is 0 Å². The Bertz CT molecular complexity index is 1370. The number of hydrogen-bond acceptors (Lipinski definition) is 9. The predicted octanol–water partition coefficient (Wildman–Crippen LogP) is 3.90. The Hall–Kier alpha value is -2.78. The molecule has 3 aliphatic carbocycles. The first-order valence-corrected chi connectivity index (χ1v) is 14.3. The summed E-state index contributed by atoms with van der Waals surface area (Å²) >= 11 is 0. The molecule has 9 atom stereocenters. The van der Waals surface area contributed by atoms with E-state index in [0.717, 1.165) is 0 Å². The van der Waals surface area contributed by atoms with Crippen LogP contribution in [0.15, 0.2) is 35.2 Å². The van der Waals surface area contributed by atoms with Crippen LogP contribution in [-0.2, 0) is 38.1 Å². The smallest absolute Gasteiger partial charge is 0.339 e. The van der Waals surface area contributed by atoms with Gasteiger partial charge < -0.3 is 23.4 Å². The molecule has 214 valence electrons. The number of rotatable bonds is 4. The largest absolute Gasteiger partial charge is 0.472 e. The van der Waals surface area contributed by atoms with E-state index in [1.165, 1.54) is 12.3 Å². The highest BCUT2D eigenvalue weighted by molar-refractivity contribution is 6.19. The van der Waals surface area contributed by atoms with Gasteiger partial charge in [-0.15, -0.1) is 0 Å². The Labute approximate surface area is 232 Å². The summed E-state index contributed by atoms with van der Waals surface area (Å²) in [7, 11) is 0. The number of ether oxygens (including phenoxy) is 4. The van der Waals surface area contributed by atoms with Gasteiger partial charge in [0.1, 0.15) is 17.1 Å². The SMILES string of the molecule is CC(C)CC(=O)OC1C(=O)C23C(=O)C=CC2(COC3(C)C)C2CCC3(C)C(c4ccoc4)OC(=O)C4OC43C12C. The molecule has 1 aromatic rings. The topological polar surface area (TPSA) is 122 Å². The average molecular weight is 553 g/mol. The third kappa shape index (κ3) is 2.51. The number of furan rings is 1. The number of epoxide rings is 1. The summed E-state index contributed by atoms with van der Waals surface area (Å²) < 4.78 is 30.4. The molecule has 2 saturated carbocycles. The van der Waals surface area contributed by atoms with Gasteiger partial charge in [0, 0.05) is 28.2 Å². The number of carbonyl (C=O) groups excluding carboxylic acids is 4. The molecule has 9 heteroatoms. The first kappa shape index (κ1) is 26.1. The van der Waals surface area contributed by atoms with Crippen LogP contribution in [0.1, 0.15) is 72.5 Å². The lowest BCUT2D eigenvalue weighted by Gasteiger charge is -2.67. The lowest BCUT2D eigenvalue weighted by molar-refractivity contribution is -0.244. The second kappa shape index (κ2) is 7.53. The monoisotopic (exact) mass is 552 g/mol. The average Bonchev–Trinajstić information content (AvgIpc) is 3.17. The second-order valence-corrected chi connectivity index (χ2v) is 14.0. The molecule has 9 nitrogen and oxygen atoms in total. The maximum atomic E-state index is 15.0. The molecule has 5 fully saturated rings. The molecule has 3 saturated heterocycles. The van der Waals surface area contributed by atoms with Crippen molar-refractivity contribution in [3.8, 4) is 0 Å². The molecular formula is C31H36O9. The quantitative estimate of drug-likeness (QED) is 0.311. The summed E-state index contributed by atoms with van der Waals surface area (Å²) in [6, 6.07) is 1.77. The van der Waals surface area contributed by atoms with Crippen LogP contribution < -0.4 is 0 Å². The number of hydrogen-bond donors (Lipinski definition) is 0. The fourth-order valence-corrected chi connectivity index (χ4v) is 10.1. The van der Waals surface area contributed by atoms with Gasteiger partial charge in [-0.05, 0) is 50.7 Å². The van der Waals surface area contributed by atoms with Gasteiger partial charge in [0.2, 0.25) is 0 Å². The summed E-state index contributed by atoms with van der Waals surface area (Å²) in [5.41, 5.74) is -6.01. The number of allylic oxidation sites excluding steroid dienone is 1. The van der Waals surface area contributed by atoms with Crippen molar-refractivity contribution in [1.82, 2.24) is 0 Å². The number of ketones is 2. The maximum Gasteiger partial charge on any atom is 0.339 e. The van der Waals surface area contributed by atoms with Gasteiger partial charge in [-0.3, -0.25) is 14.4 Å². The van der Waals surface area contributed by atoms with Gasteiger partial charge in [-0.1, -0.05) is 33.8 Å². The van der Waals surface area contributed by atoms with E-state index in [-0.39, 0.29) is 30.6 Å². The Kier molecular flexibility index (Phi) is 4.92. The van der Waals surface area contributed by atoms with Crippen molar-refractivity contribution in [2.45, 2.75) is 90.3 Å². The standard InChI is InChI=1S/C31H36O9/c1-16(2)13-20(33)38-23-21(34)30-19(32)8-11-29(30,15-37-26(30,3)4)18-7-10-27(5)22(17-9-12-36-14-17)39-25(35)24-31(27,40-24)28(18,23)6/h8-9,11-12,14,16,18,22-24H,7,10,13,15H2,1-6H3. The third-order valence-corrected chi connectivity index (χ3v) is 11.6. The van der Waals surface area contributed by atoms with Crippen molar-refractivity contribution in [2.24, 2.45) is 33.5 Å². The number of Topliss-reactive ketones (excluding diaryl/α,β-unsaturated/α-hetero) is 1. The molecule has 9 unspecified atom stereocenters. The van der Waals surface area contributed by atoms with Crippen LogP contribution >= 0.6 is 0 Å². The Morgan fingerprint density at radius 3 is 2.55 bits per heavy atom. The van der Waals surface area contributed by atoms with Gasteiger partial charge in [-0.2, -0.15) is 0 Å². The number of carbonyl (C=O) groups is 4. The molecule has 6 aliphatic rings. The molecule has 1 spiro atoms. The number of fused-ring (bicyclic) bond motifs is 1. The number of cyclic esters (lactones) is 1. The highest BCUT2D eigenvalue weighted by Crippen LogP contribution is 2.82. The molecule has 40 heavy (non-hydrogen) atoms. The molecule has 0 amide bonds. The first-order valence-electron chi connectivity index (χ1n) is 14.3. The van der Waals surface area contributed by atoms with Crippen molar-refractivity contribution in [1.29, 1.82) is 0 Å². The third-order valence-electron chi connectivity index (χ3n) is 11.6. The van der Waals surface area contributed by atoms with Gasteiger partial charge in [0.15, 0.2) is 23.8 Å². The fraction of sp³-hybridized carbons (Fsp3) is 0.677. The van der Waals surface area contributed by atoms with Crippen molar-refractivity contribution >= 4 is 23.5 Å². The van der Waals surface area contributed by atoms with Crippen LogP contribution in [0.4, 0.5) is 0 Å². The molecule has 4 heterocycles. The minimum absolute atomic E-state index is 0.00271. The maximum absolute atomic E-state index is 15.0. The Balaban J connectivity index is 1.46. The van der Waals surface area contributed by atoms with Crippen LogP contribution in [0.3, 0.4) is 0 Å². The zero-order valence-corrected chi connectivity index (χ0v) is 23.8. The van der Waals surface area contributed by atoms with E-state index in [2.05, 4.69) is 0 Å². The van der Waals surface area contributed by atoms with Crippen LogP contribution in [-0.4, -0.2) is 53.5 Å². The van der Waals surface area contributed by atoms with Crippen molar-refractivity contribution in [2.75, 3.05) is 6.61 Å². The fourth-order valence-electron chi connectivity index (χ4n) is 10.1. The van der Waals surface area contributed by atoms with E-state index in [1.54, 1.807) is 26.2 Å². The predicted molar refractivity (Wildman–Crippen MR) is 137 cm³/mol. The van der Waals surface area contributed by atoms with E-state index in [0.29, 0.717) is 18.4 Å². The number of esters is 2. The van der Waals surface area contributed by atoms with E-state index in [4.69, 9.17) is 23.4 Å². The zero-order chi connectivity index (χ0) is 28.7. The minimum Gasteiger partial charge on any atom is -0.472 e. The van der Waals surface area contributed by atoms with Gasteiger partial charge in [0.05, 0.1) is 24.7 Å². The zero-order valence-electron chi connectivity index (χ0n) is 23.8. The van der Waals surface area contributed by atoms with Crippen molar-refractivity contribution in [3.05, 3.63) is 36.3 Å². The van der Waals surface area contributed by atoms with Crippen LogP contribution in [0.5, 0.6) is 0 Å². The van der Waals surface area contributed by atoms with E-state index in [1.807, 2.05) is 33.8 Å². The molecule has 0 aromatic carbocycles. The molecule has 0 bridgehead atoms. The molecule has 7 rings (SSSR count). The summed E-state index contributed by atoms with van der Waals surface area (Å²) in [6.45, 7) is 11.5.